The van der Waals surface area contributed by atoms with Crippen molar-refractivity contribution in [2.24, 2.45) is 0 Å². The molecule has 0 radical (unpaired) electrons. The first-order chi connectivity index (χ1) is 6.74. The SMILES string of the molecule is CN(CCCCCO)C(=O)NC1CC1. The van der Waals surface area contributed by atoms with E-state index in [2.05, 4.69) is 5.32 Å². The average Bonchev–Trinajstić information content (AvgIpc) is 2.96. The quantitative estimate of drug-likeness (QED) is 0.627. The Morgan fingerprint density at radius 2 is 2.14 bits per heavy atom. The second kappa shape index (κ2) is 5.86. The van der Waals surface area contributed by atoms with Crippen molar-refractivity contribution in [3.63, 3.8) is 0 Å². The molecule has 2 N–H and O–H groups in total. The highest BCUT2D eigenvalue weighted by atomic mass is 16.2. The normalized spacial score (nSPS) is 15.3. The Balaban J connectivity index is 2.00. The van der Waals surface area contributed by atoms with E-state index in [1.54, 1.807) is 4.90 Å². The van der Waals surface area contributed by atoms with Crippen LogP contribution in [-0.2, 0) is 0 Å². The molecule has 0 aromatic carbocycles. The summed E-state index contributed by atoms with van der Waals surface area (Å²) < 4.78 is 0. The smallest absolute Gasteiger partial charge is 0.317 e. The van der Waals surface area contributed by atoms with E-state index in [1.165, 1.54) is 0 Å². The van der Waals surface area contributed by atoms with Crippen molar-refractivity contribution in [2.75, 3.05) is 20.2 Å². The van der Waals surface area contributed by atoms with E-state index < -0.39 is 0 Å². The van der Waals surface area contributed by atoms with E-state index in [9.17, 15) is 4.79 Å². The van der Waals surface area contributed by atoms with E-state index >= 15 is 0 Å². The van der Waals surface area contributed by atoms with Crippen molar-refractivity contribution in [1.29, 1.82) is 0 Å². The highest BCUT2D eigenvalue weighted by Gasteiger charge is 2.24. The summed E-state index contributed by atoms with van der Waals surface area (Å²) >= 11 is 0. The van der Waals surface area contributed by atoms with Crippen LogP contribution < -0.4 is 5.32 Å². The van der Waals surface area contributed by atoms with Gasteiger partial charge < -0.3 is 15.3 Å². The molecule has 1 rings (SSSR count). The second-order valence-electron chi connectivity index (χ2n) is 3.93. The van der Waals surface area contributed by atoms with Crippen molar-refractivity contribution >= 4 is 6.03 Å². The number of aliphatic hydroxyl groups excluding tert-OH is 1. The van der Waals surface area contributed by atoms with Gasteiger partial charge in [0, 0.05) is 26.2 Å². The Bertz CT molecular complexity index is 181. The molecule has 82 valence electrons. The standard InChI is InChI=1S/C10H20N2O2/c1-12(7-3-2-4-8-13)10(14)11-9-5-6-9/h9,13H,2-8H2,1H3,(H,11,14). The summed E-state index contributed by atoms with van der Waals surface area (Å²) in [4.78, 5) is 13.1. The van der Waals surface area contributed by atoms with Crippen molar-refractivity contribution in [2.45, 2.75) is 38.1 Å². The first-order valence-electron chi connectivity index (χ1n) is 5.36. The fraction of sp³-hybridized carbons (Fsp3) is 0.900. The molecule has 0 atom stereocenters. The minimum absolute atomic E-state index is 0.0384. The molecule has 0 aromatic rings. The van der Waals surface area contributed by atoms with Crippen molar-refractivity contribution < 1.29 is 9.90 Å². The van der Waals surface area contributed by atoms with Crippen LogP contribution in [0.1, 0.15) is 32.1 Å². The van der Waals surface area contributed by atoms with E-state index in [0.717, 1.165) is 38.6 Å². The average molecular weight is 200 g/mol. The van der Waals surface area contributed by atoms with Crippen LogP contribution in [0.25, 0.3) is 0 Å². The van der Waals surface area contributed by atoms with Gasteiger partial charge in [0.25, 0.3) is 0 Å². The first kappa shape index (κ1) is 11.3. The number of nitrogens with zero attached hydrogens (tertiary/aromatic N) is 1. The zero-order valence-electron chi connectivity index (χ0n) is 8.83. The molecule has 0 unspecified atom stereocenters. The van der Waals surface area contributed by atoms with Gasteiger partial charge >= 0.3 is 6.03 Å². The highest BCUT2D eigenvalue weighted by molar-refractivity contribution is 5.74. The molecule has 4 nitrogen and oxygen atoms in total. The third-order valence-corrected chi connectivity index (χ3v) is 2.40. The van der Waals surface area contributed by atoms with Crippen LogP contribution in [0.3, 0.4) is 0 Å². The Morgan fingerprint density at radius 1 is 1.43 bits per heavy atom. The Morgan fingerprint density at radius 3 is 2.71 bits per heavy atom. The van der Waals surface area contributed by atoms with Gasteiger partial charge in [-0.25, -0.2) is 4.79 Å². The van der Waals surface area contributed by atoms with E-state index in [-0.39, 0.29) is 12.6 Å². The van der Waals surface area contributed by atoms with Gasteiger partial charge in [-0.05, 0) is 32.1 Å². The van der Waals surface area contributed by atoms with Gasteiger partial charge in [0.15, 0.2) is 0 Å². The molecular weight excluding hydrogens is 180 g/mol. The lowest BCUT2D eigenvalue weighted by Crippen LogP contribution is -2.38. The first-order valence-corrected chi connectivity index (χ1v) is 5.36. The summed E-state index contributed by atoms with van der Waals surface area (Å²) in [7, 11) is 1.82. The maximum Gasteiger partial charge on any atom is 0.317 e. The lowest BCUT2D eigenvalue weighted by atomic mass is 10.2. The van der Waals surface area contributed by atoms with Gasteiger partial charge in [-0.2, -0.15) is 0 Å². The van der Waals surface area contributed by atoms with Crippen LogP contribution >= 0.6 is 0 Å². The van der Waals surface area contributed by atoms with Crippen molar-refractivity contribution in [3.8, 4) is 0 Å². The van der Waals surface area contributed by atoms with E-state index in [0.29, 0.717) is 6.04 Å². The van der Waals surface area contributed by atoms with E-state index in [4.69, 9.17) is 5.11 Å². The molecular formula is C10H20N2O2. The zero-order valence-corrected chi connectivity index (χ0v) is 8.83. The maximum absolute atomic E-state index is 11.4. The molecule has 1 fully saturated rings. The molecule has 0 heterocycles. The number of rotatable bonds is 6. The third-order valence-electron chi connectivity index (χ3n) is 2.40. The van der Waals surface area contributed by atoms with Crippen LogP contribution in [-0.4, -0.2) is 42.3 Å². The zero-order chi connectivity index (χ0) is 10.4. The van der Waals surface area contributed by atoms with Gasteiger partial charge in [0.2, 0.25) is 0 Å². The fourth-order valence-corrected chi connectivity index (χ4v) is 1.25. The molecule has 4 heteroatoms. The van der Waals surface area contributed by atoms with Crippen LogP contribution in [0.5, 0.6) is 0 Å². The number of amides is 2. The molecule has 1 saturated carbocycles. The summed E-state index contributed by atoms with van der Waals surface area (Å²) in [5, 5.41) is 11.5. The van der Waals surface area contributed by atoms with Gasteiger partial charge in [-0.3, -0.25) is 0 Å². The predicted octanol–water partition coefficient (Wildman–Crippen LogP) is 0.953. The van der Waals surface area contributed by atoms with Crippen LogP contribution in [0.4, 0.5) is 4.79 Å². The maximum atomic E-state index is 11.4. The minimum Gasteiger partial charge on any atom is -0.396 e. The number of carbonyl (C=O) groups excluding carboxylic acids is 1. The molecule has 0 aromatic heterocycles. The molecule has 1 aliphatic carbocycles. The summed E-state index contributed by atoms with van der Waals surface area (Å²) in [5.41, 5.74) is 0. The third kappa shape index (κ3) is 4.46. The molecule has 14 heavy (non-hydrogen) atoms. The highest BCUT2D eigenvalue weighted by Crippen LogP contribution is 2.18. The summed E-state index contributed by atoms with van der Waals surface area (Å²) in [6.07, 6.45) is 5.04. The number of hydrogen-bond donors (Lipinski definition) is 2. The van der Waals surface area contributed by atoms with Gasteiger partial charge in [-0.15, -0.1) is 0 Å². The van der Waals surface area contributed by atoms with Gasteiger partial charge in [-0.1, -0.05) is 0 Å². The topological polar surface area (TPSA) is 52.6 Å². The summed E-state index contributed by atoms with van der Waals surface area (Å²) in [6, 6.07) is 0.471. The fourth-order valence-electron chi connectivity index (χ4n) is 1.25. The number of aliphatic hydroxyl groups is 1. The van der Waals surface area contributed by atoms with Crippen LogP contribution in [0, 0.1) is 0 Å². The molecule has 2 amide bonds. The molecule has 0 bridgehead atoms. The summed E-state index contributed by atoms with van der Waals surface area (Å²) in [6.45, 7) is 1.02. The summed E-state index contributed by atoms with van der Waals surface area (Å²) in [5.74, 6) is 0. The second-order valence-corrected chi connectivity index (χ2v) is 3.93. The number of hydrogen-bond acceptors (Lipinski definition) is 2. The van der Waals surface area contributed by atoms with Crippen molar-refractivity contribution in [3.05, 3.63) is 0 Å². The minimum atomic E-state index is 0.0384. The molecule has 0 saturated heterocycles. The lowest BCUT2D eigenvalue weighted by Gasteiger charge is -2.17. The Labute approximate surface area is 85.3 Å². The number of urea groups is 1. The van der Waals surface area contributed by atoms with Crippen LogP contribution in [0.15, 0.2) is 0 Å². The van der Waals surface area contributed by atoms with Crippen molar-refractivity contribution in [1.82, 2.24) is 10.2 Å². The Kier molecular flexibility index (Phi) is 4.73. The monoisotopic (exact) mass is 200 g/mol. The number of carbonyl (C=O) groups is 1. The molecule has 0 spiro atoms. The van der Waals surface area contributed by atoms with Gasteiger partial charge in [0.1, 0.15) is 0 Å². The van der Waals surface area contributed by atoms with E-state index in [1.807, 2.05) is 7.05 Å². The van der Waals surface area contributed by atoms with Crippen LogP contribution in [0.2, 0.25) is 0 Å². The molecule has 0 aliphatic heterocycles. The lowest BCUT2D eigenvalue weighted by molar-refractivity contribution is 0.206. The number of unbranched alkanes of at least 4 members (excludes halogenated alkanes) is 2. The largest absolute Gasteiger partial charge is 0.396 e. The predicted molar refractivity (Wildman–Crippen MR) is 55.1 cm³/mol. The van der Waals surface area contributed by atoms with Gasteiger partial charge in [0.05, 0.1) is 0 Å². The number of nitrogens with one attached hydrogen (secondary N) is 1. The Hall–Kier alpha value is -0.770. The molecule has 1 aliphatic rings.